The van der Waals surface area contributed by atoms with Crippen LogP contribution < -0.4 is 5.43 Å². The van der Waals surface area contributed by atoms with Gasteiger partial charge in [-0.2, -0.15) is 0 Å². The highest BCUT2D eigenvalue weighted by Crippen LogP contribution is 2.19. The Morgan fingerprint density at radius 2 is 1.88 bits per heavy atom. The summed E-state index contributed by atoms with van der Waals surface area (Å²) in [6.45, 7) is 2.13. The molecule has 122 valence electrons. The first-order chi connectivity index (χ1) is 11.4. The van der Waals surface area contributed by atoms with E-state index in [1.807, 2.05) is 31.2 Å². The summed E-state index contributed by atoms with van der Waals surface area (Å²) >= 11 is 0. The first kappa shape index (κ1) is 15.9. The van der Waals surface area contributed by atoms with Gasteiger partial charge in [-0.1, -0.05) is 29.8 Å². The number of rotatable bonds is 3. The van der Waals surface area contributed by atoms with Crippen LogP contribution in [0.4, 0.5) is 8.78 Å². The molecular weight excluding hydrogens is 316 g/mol. The molecule has 1 aromatic heterocycles. The van der Waals surface area contributed by atoms with Crippen molar-refractivity contribution in [2.75, 3.05) is 0 Å². The van der Waals surface area contributed by atoms with Crippen LogP contribution in [0.15, 0.2) is 47.4 Å². The van der Waals surface area contributed by atoms with E-state index in [9.17, 15) is 23.5 Å². The third kappa shape index (κ3) is 2.78. The number of hydrogen-bond donors (Lipinski definition) is 1. The lowest BCUT2D eigenvalue weighted by Crippen LogP contribution is -2.19. The number of aromatic nitrogens is 1. The third-order valence-corrected chi connectivity index (χ3v) is 3.79. The molecule has 2 aromatic carbocycles. The van der Waals surface area contributed by atoms with Gasteiger partial charge in [0.15, 0.2) is 11.6 Å². The number of carboxylic acids is 1. The molecule has 0 atom stereocenters. The maximum atomic E-state index is 13.6. The molecule has 0 saturated carbocycles. The van der Waals surface area contributed by atoms with Crippen molar-refractivity contribution in [1.29, 1.82) is 0 Å². The number of carbonyl (C=O) groups is 1. The predicted molar refractivity (Wildman–Crippen MR) is 85.4 cm³/mol. The highest BCUT2D eigenvalue weighted by molar-refractivity contribution is 5.92. The van der Waals surface area contributed by atoms with Crippen molar-refractivity contribution in [3.63, 3.8) is 0 Å². The molecule has 4 nitrogen and oxygen atoms in total. The van der Waals surface area contributed by atoms with Crippen LogP contribution in [0, 0.1) is 18.6 Å². The molecule has 0 aliphatic heterocycles. The number of fused-ring (bicyclic) bond motifs is 1. The number of pyridine rings is 1. The Kier molecular flexibility index (Phi) is 3.89. The van der Waals surface area contributed by atoms with Gasteiger partial charge in [-0.3, -0.25) is 4.79 Å². The Hall–Kier alpha value is -3.02. The first-order valence-electron chi connectivity index (χ1n) is 7.18. The van der Waals surface area contributed by atoms with Gasteiger partial charge in [0.2, 0.25) is 5.43 Å². The maximum absolute atomic E-state index is 13.6. The molecule has 24 heavy (non-hydrogen) atoms. The molecule has 3 aromatic rings. The normalized spacial score (nSPS) is 11.0. The van der Waals surface area contributed by atoms with Crippen LogP contribution in [0.1, 0.15) is 21.5 Å². The van der Waals surface area contributed by atoms with E-state index in [-0.39, 0.29) is 17.4 Å². The third-order valence-electron chi connectivity index (χ3n) is 3.79. The summed E-state index contributed by atoms with van der Waals surface area (Å²) in [5, 5.41) is 9.04. The van der Waals surface area contributed by atoms with E-state index < -0.39 is 28.6 Å². The van der Waals surface area contributed by atoms with E-state index in [2.05, 4.69) is 0 Å². The molecule has 0 aliphatic rings. The van der Waals surface area contributed by atoms with Crippen molar-refractivity contribution < 1.29 is 18.7 Å². The number of benzene rings is 2. The SMILES string of the molecule is Cc1cccc(Cn2cc(C(=O)O)c(=O)c3cc(F)c(F)cc32)c1. The minimum atomic E-state index is -1.41. The second-order valence-electron chi connectivity index (χ2n) is 5.58. The van der Waals surface area contributed by atoms with Gasteiger partial charge in [0.1, 0.15) is 5.56 Å². The van der Waals surface area contributed by atoms with E-state index in [4.69, 9.17) is 0 Å². The fraction of sp³-hybridized carbons (Fsp3) is 0.111. The topological polar surface area (TPSA) is 59.3 Å². The van der Waals surface area contributed by atoms with Crippen LogP contribution >= 0.6 is 0 Å². The summed E-state index contributed by atoms with van der Waals surface area (Å²) in [6, 6.07) is 9.12. The maximum Gasteiger partial charge on any atom is 0.341 e. The summed E-state index contributed by atoms with van der Waals surface area (Å²) in [4.78, 5) is 23.5. The average Bonchev–Trinajstić information content (AvgIpc) is 2.52. The highest BCUT2D eigenvalue weighted by Gasteiger charge is 2.17. The quantitative estimate of drug-likeness (QED) is 0.802. The Labute approximate surface area is 135 Å². The van der Waals surface area contributed by atoms with Gasteiger partial charge in [-0.25, -0.2) is 13.6 Å². The standard InChI is InChI=1S/C18H13F2NO3/c1-10-3-2-4-11(5-10)8-21-9-13(18(23)24)17(22)12-6-14(19)15(20)7-16(12)21/h2-7,9H,8H2,1H3,(H,23,24). The van der Waals surface area contributed by atoms with Crippen LogP contribution in [0.5, 0.6) is 0 Å². The van der Waals surface area contributed by atoms with E-state index in [0.717, 1.165) is 29.5 Å². The van der Waals surface area contributed by atoms with E-state index >= 15 is 0 Å². The van der Waals surface area contributed by atoms with Crippen molar-refractivity contribution >= 4 is 16.9 Å². The van der Waals surface area contributed by atoms with Gasteiger partial charge in [-0.05, 0) is 18.6 Å². The molecule has 3 rings (SSSR count). The fourth-order valence-corrected chi connectivity index (χ4v) is 2.68. The van der Waals surface area contributed by atoms with Gasteiger partial charge >= 0.3 is 5.97 Å². The molecule has 0 aliphatic carbocycles. The second kappa shape index (κ2) is 5.88. The molecule has 0 bridgehead atoms. The van der Waals surface area contributed by atoms with Crippen LogP contribution in [0.25, 0.3) is 10.9 Å². The summed E-state index contributed by atoms with van der Waals surface area (Å²) in [7, 11) is 0. The van der Waals surface area contributed by atoms with Gasteiger partial charge in [0.05, 0.1) is 5.52 Å². The molecule has 0 saturated heterocycles. The zero-order chi connectivity index (χ0) is 17.4. The zero-order valence-electron chi connectivity index (χ0n) is 12.7. The van der Waals surface area contributed by atoms with Crippen LogP contribution in [0.3, 0.4) is 0 Å². The van der Waals surface area contributed by atoms with Crippen molar-refractivity contribution in [2.45, 2.75) is 13.5 Å². The smallest absolute Gasteiger partial charge is 0.341 e. The minimum absolute atomic E-state index is 0.144. The molecule has 6 heteroatoms. The van der Waals surface area contributed by atoms with Crippen molar-refractivity contribution in [3.8, 4) is 0 Å². The Balaban J connectivity index is 2.29. The number of carboxylic acid groups (broad SMARTS) is 1. The summed E-state index contributed by atoms with van der Waals surface area (Å²) in [5.41, 5.74) is 0.679. The van der Waals surface area contributed by atoms with Gasteiger partial charge in [0, 0.05) is 24.2 Å². The summed E-state index contributed by atoms with van der Waals surface area (Å²) in [5.74, 6) is -3.70. The molecule has 0 unspecified atom stereocenters. The van der Waals surface area contributed by atoms with Crippen LogP contribution in [-0.2, 0) is 6.54 Å². The molecule has 0 radical (unpaired) electrons. The number of halogens is 2. The Morgan fingerprint density at radius 1 is 1.17 bits per heavy atom. The Morgan fingerprint density at radius 3 is 2.54 bits per heavy atom. The van der Waals surface area contributed by atoms with E-state index in [1.165, 1.54) is 4.57 Å². The Bertz CT molecular complexity index is 1020. The number of nitrogens with zero attached hydrogens (tertiary/aromatic N) is 1. The monoisotopic (exact) mass is 329 g/mol. The summed E-state index contributed by atoms with van der Waals surface area (Å²) < 4.78 is 28.6. The average molecular weight is 329 g/mol. The molecule has 0 fully saturated rings. The van der Waals surface area contributed by atoms with Crippen molar-refractivity contribution in [2.24, 2.45) is 0 Å². The van der Waals surface area contributed by atoms with Crippen LogP contribution in [0.2, 0.25) is 0 Å². The zero-order valence-corrected chi connectivity index (χ0v) is 12.7. The highest BCUT2D eigenvalue weighted by atomic mass is 19.2. The number of hydrogen-bond acceptors (Lipinski definition) is 2. The molecule has 0 amide bonds. The molecule has 0 spiro atoms. The number of aryl methyl sites for hydroxylation is 1. The first-order valence-corrected chi connectivity index (χ1v) is 7.18. The fourth-order valence-electron chi connectivity index (χ4n) is 2.68. The van der Waals surface area contributed by atoms with E-state index in [1.54, 1.807) is 0 Å². The molecule has 1 N–H and O–H groups in total. The van der Waals surface area contributed by atoms with Gasteiger partial charge in [-0.15, -0.1) is 0 Å². The van der Waals surface area contributed by atoms with E-state index in [0.29, 0.717) is 0 Å². The summed E-state index contributed by atoms with van der Waals surface area (Å²) in [6.07, 6.45) is 1.16. The van der Waals surface area contributed by atoms with Crippen molar-refractivity contribution in [3.05, 3.63) is 81.1 Å². The van der Waals surface area contributed by atoms with Gasteiger partial charge in [0.25, 0.3) is 0 Å². The molecular formula is C18H13F2NO3. The van der Waals surface area contributed by atoms with Gasteiger partial charge < -0.3 is 9.67 Å². The molecule has 1 heterocycles. The van der Waals surface area contributed by atoms with Crippen LogP contribution in [-0.4, -0.2) is 15.6 Å². The lowest BCUT2D eigenvalue weighted by atomic mass is 10.1. The lowest BCUT2D eigenvalue weighted by Gasteiger charge is -2.13. The predicted octanol–water partition coefficient (Wildman–Crippen LogP) is 3.33. The minimum Gasteiger partial charge on any atom is -0.477 e. The number of aromatic carboxylic acids is 1. The lowest BCUT2D eigenvalue weighted by molar-refractivity contribution is 0.0695. The van der Waals surface area contributed by atoms with Crippen molar-refractivity contribution in [1.82, 2.24) is 4.57 Å². The second-order valence-corrected chi connectivity index (χ2v) is 5.58. The largest absolute Gasteiger partial charge is 0.477 e.